The Bertz CT molecular complexity index is 720. The molecule has 0 saturated carbocycles. The van der Waals surface area contributed by atoms with Gasteiger partial charge >= 0.3 is 15.5 Å². The zero-order valence-electron chi connectivity index (χ0n) is 8.11. The first-order valence-corrected chi connectivity index (χ1v) is 5.61. The molecule has 1 aromatic heterocycles. The first-order valence-electron chi connectivity index (χ1n) is 4.17. The minimum Gasteiger partial charge on any atom is -0.204 e. The van der Waals surface area contributed by atoms with Crippen molar-refractivity contribution in [2.75, 3.05) is 0 Å². The van der Waals surface area contributed by atoms with Crippen molar-refractivity contribution in [2.45, 2.75) is 5.51 Å². The Balaban J connectivity index is 2.79. The number of alkyl halides is 3. The molecule has 0 unspecified atom stereocenters. The van der Waals surface area contributed by atoms with Crippen molar-refractivity contribution in [3.8, 4) is 0 Å². The summed E-state index contributed by atoms with van der Waals surface area (Å²) < 4.78 is 84.0. The second-order valence-electron chi connectivity index (χ2n) is 3.14. The van der Waals surface area contributed by atoms with Gasteiger partial charge in [-0.2, -0.15) is 21.6 Å². The minimum atomic E-state index is -5.84. The molecule has 11 heteroatoms. The number of benzene rings is 1. The summed E-state index contributed by atoms with van der Waals surface area (Å²) in [6.45, 7) is 0. The fourth-order valence-corrected chi connectivity index (χ4v) is 1.91. The molecule has 0 aliphatic carbocycles. The van der Waals surface area contributed by atoms with E-state index in [1.54, 1.807) is 0 Å². The van der Waals surface area contributed by atoms with Gasteiger partial charge in [-0.15, -0.1) is 9.19 Å². The van der Waals surface area contributed by atoms with E-state index in [1.807, 2.05) is 0 Å². The highest BCUT2D eigenvalue weighted by molar-refractivity contribution is 7.90. The predicted molar refractivity (Wildman–Crippen MR) is 47.8 cm³/mol. The molecule has 0 aliphatic heterocycles. The maximum atomic E-state index is 12.9. The Morgan fingerprint density at radius 2 is 1.67 bits per heavy atom. The van der Waals surface area contributed by atoms with E-state index in [-0.39, 0.29) is 6.07 Å². The van der Waals surface area contributed by atoms with Gasteiger partial charge < -0.3 is 0 Å². The number of halogens is 5. The molecule has 0 aliphatic rings. The van der Waals surface area contributed by atoms with Gasteiger partial charge in [0, 0.05) is 12.1 Å². The van der Waals surface area contributed by atoms with Crippen LogP contribution < -0.4 is 0 Å². The number of aromatic nitrogens is 3. The highest BCUT2D eigenvalue weighted by Crippen LogP contribution is 2.27. The summed E-state index contributed by atoms with van der Waals surface area (Å²) >= 11 is 0. The number of rotatable bonds is 1. The van der Waals surface area contributed by atoms with Gasteiger partial charge in [0.1, 0.15) is 11.0 Å². The molecule has 98 valence electrons. The second kappa shape index (κ2) is 3.60. The van der Waals surface area contributed by atoms with E-state index in [4.69, 9.17) is 0 Å². The summed E-state index contributed by atoms with van der Waals surface area (Å²) in [7, 11) is -5.84. The summed E-state index contributed by atoms with van der Waals surface area (Å²) in [6, 6.07) is 0.716. The van der Waals surface area contributed by atoms with Crippen molar-refractivity contribution in [3.63, 3.8) is 0 Å². The highest BCUT2D eigenvalue weighted by atomic mass is 32.2. The fraction of sp³-hybridized carbons (Fsp3) is 0.143. The summed E-state index contributed by atoms with van der Waals surface area (Å²) in [5, 5.41) is 5.77. The van der Waals surface area contributed by atoms with Crippen LogP contribution in [0.25, 0.3) is 11.0 Å². The molecule has 0 bridgehead atoms. The Morgan fingerprint density at radius 3 is 2.22 bits per heavy atom. The fourth-order valence-electron chi connectivity index (χ4n) is 1.17. The van der Waals surface area contributed by atoms with E-state index in [2.05, 4.69) is 10.3 Å². The van der Waals surface area contributed by atoms with Crippen LogP contribution in [0.1, 0.15) is 0 Å². The topological polar surface area (TPSA) is 64.8 Å². The van der Waals surface area contributed by atoms with E-state index in [0.717, 1.165) is 0 Å². The third-order valence-corrected chi connectivity index (χ3v) is 3.29. The summed E-state index contributed by atoms with van der Waals surface area (Å²) in [6.07, 6.45) is 0. The van der Waals surface area contributed by atoms with E-state index >= 15 is 0 Å². The zero-order valence-corrected chi connectivity index (χ0v) is 8.93. The van der Waals surface area contributed by atoms with Crippen LogP contribution in [0.15, 0.2) is 12.1 Å². The molecule has 2 aromatic rings. The third-order valence-electron chi connectivity index (χ3n) is 1.98. The molecule has 18 heavy (non-hydrogen) atoms. The van der Waals surface area contributed by atoms with Crippen molar-refractivity contribution < 1.29 is 30.4 Å². The van der Waals surface area contributed by atoms with Crippen LogP contribution in [0.3, 0.4) is 0 Å². The van der Waals surface area contributed by atoms with Crippen molar-refractivity contribution in [1.82, 2.24) is 14.4 Å². The standard InChI is InChI=1S/C7H2F5N3O2S/c8-3-1-5-6(2-4(3)9)15(14-13-5)18(16,17)7(10,11)12/h1-2H. The van der Waals surface area contributed by atoms with Crippen molar-refractivity contribution in [2.24, 2.45) is 0 Å². The van der Waals surface area contributed by atoms with Gasteiger partial charge in [0.2, 0.25) is 0 Å². The minimum absolute atomic E-state index is 0.272. The molecule has 1 aromatic carbocycles. The lowest BCUT2D eigenvalue weighted by Crippen LogP contribution is -2.30. The van der Waals surface area contributed by atoms with Gasteiger partial charge in [0.25, 0.3) is 0 Å². The smallest absolute Gasteiger partial charge is 0.204 e. The quantitative estimate of drug-likeness (QED) is 0.744. The van der Waals surface area contributed by atoms with Gasteiger partial charge in [-0.3, -0.25) is 0 Å². The van der Waals surface area contributed by atoms with E-state index in [9.17, 15) is 30.4 Å². The normalized spacial score (nSPS) is 13.2. The maximum absolute atomic E-state index is 12.9. The Morgan fingerprint density at radius 1 is 1.11 bits per heavy atom. The Labute approximate surface area is 95.9 Å². The molecule has 5 nitrogen and oxygen atoms in total. The molecule has 0 amide bonds. The van der Waals surface area contributed by atoms with Gasteiger partial charge in [0.05, 0.1) is 0 Å². The van der Waals surface area contributed by atoms with Crippen molar-refractivity contribution in [1.29, 1.82) is 0 Å². The highest BCUT2D eigenvalue weighted by Gasteiger charge is 2.49. The van der Waals surface area contributed by atoms with Crippen LogP contribution in [-0.4, -0.2) is 28.3 Å². The summed E-state index contributed by atoms with van der Waals surface area (Å²) in [4.78, 5) is 0. The SMILES string of the molecule is O=S(=O)(n1nnc2cc(F)c(F)cc21)C(F)(F)F. The number of hydrogen-bond acceptors (Lipinski definition) is 4. The molecule has 0 fully saturated rings. The van der Waals surface area contributed by atoms with Gasteiger partial charge in [-0.25, -0.2) is 8.78 Å². The Hall–Kier alpha value is -1.78. The van der Waals surface area contributed by atoms with Gasteiger partial charge in [-0.05, 0) is 0 Å². The Kier molecular flexibility index (Phi) is 2.54. The number of hydrogen-bond donors (Lipinski definition) is 0. The second-order valence-corrected chi connectivity index (χ2v) is 4.90. The molecule has 0 spiro atoms. The first-order chi connectivity index (χ1) is 8.14. The average molecular weight is 287 g/mol. The van der Waals surface area contributed by atoms with Gasteiger partial charge in [0.15, 0.2) is 11.6 Å². The molecule has 0 radical (unpaired) electrons. The van der Waals surface area contributed by atoms with Crippen molar-refractivity contribution in [3.05, 3.63) is 23.8 Å². The molecule has 0 saturated heterocycles. The van der Waals surface area contributed by atoms with Crippen LogP contribution in [0, 0.1) is 11.6 Å². The lowest BCUT2D eigenvalue weighted by Gasteiger charge is -2.07. The molecule has 0 N–H and O–H groups in total. The third kappa shape index (κ3) is 1.70. The lowest BCUT2D eigenvalue weighted by atomic mass is 10.3. The molecule has 0 atom stereocenters. The lowest BCUT2D eigenvalue weighted by molar-refractivity contribution is -0.0448. The van der Waals surface area contributed by atoms with Crippen molar-refractivity contribution >= 4 is 21.1 Å². The molecular formula is C7H2F5N3O2S. The summed E-state index contributed by atoms with van der Waals surface area (Å²) in [5.41, 5.74) is -6.94. The molecule has 1 heterocycles. The van der Waals surface area contributed by atoms with Gasteiger partial charge in [-0.1, -0.05) is 5.21 Å². The van der Waals surface area contributed by atoms with E-state index in [0.29, 0.717) is 6.07 Å². The molecular weight excluding hydrogens is 285 g/mol. The van der Waals surface area contributed by atoms with Crippen LogP contribution in [0.5, 0.6) is 0 Å². The average Bonchev–Trinajstić information content (AvgIpc) is 2.60. The molecule has 2 rings (SSSR count). The van der Waals surface area contributed by atoms with Crippen LogP contribution in [-0.2, 0) is 10.0 Å². The van der Waals surface area contributed by atoms with E-state index < -0.39 is 42.3 Å². The number of nitrogens with zero attached hydrogens (tertiary/aromatic N) is 3. The first kappa shape index (κ1) is 12.7. The monoisotopic (exact) mass is 287 g/mol. The van der Waals surface area contributed by atoms with Crippen LogP contribution in [0.4, 0.5) is 22.0 Å². The zero-order chi connectivity index (χ0) is 13.7. The van der Waals surface area contributed by atoms with E-state index in [1.165, 1.54) is 0 Å². The van der Waals surface area contributed by atoms with Crippen LogP contribution in [0.2, 0.25) is 0 Å². The maximum Gasteiger partial charge on any atom is 0.518 e. The largest absolute Gasteiger partial charge is 0.518 e. The van der Waals surface area contributed by atoms with Crippen LogP contribution >= 0.6 is 0 Å². The predicted octanol–water partition coefficient (Wildman–Crippen LogP) is 1.41. The number of fused-ring (bicyclic) bond motifs is 1. The summed E-state index contributed by atoms with van der Waals surface area (Å²) in [5.74, 6) is -2.89.